The lowest BCUT2D eigenvalue weighted by Gasteiger charge is -2.10. The Hall–Kier alpha value is -2.05. The van der Waals surface area contributed by atoms with E-state index in [1.165, 1.54) is 4.90 Å². The van der Waals surface area contributed by atoms with Crippen LogP contribution in [0.3, 0.4) is 0 Å². The quantitative estimate of drug-likeness (QED) is 0.571. The molecule has 0 amide bonds. The number of hydrogen-bond donors (Lipinski definition) is 2. The Morgan fingerprint density at radius 1 is 0.913 bits per heavy atom. The molecule has 0 atom stereocenters. The number of nitrogens with zero attached hydrogens (tertiary/aromatic N) is 2. The van der Waals surface area contributed by atoms with Gasteiger partial charge in [-0.25, -0.2) is 4.98 Å². The van der Waals surface area contributed by atoms with Crippen LogP contribution in [0.4, 0.5) is 23.1 Å². The Labute approximate surface area is 147 Å². The second-order valence-electron chi connectivity index (χ2n) is 4.73. The van der Waals surface area contributed by atoms with Crippen LogP contribution in [0.25, 0.3) is 0 Å². The summed E-state index contributed by atoms with van der Waals surface area (Å²) in [7, 11) is 0. The van der Waals surface area contributed by atoms with Crippen LogP contribution in [0, 0.1) is 0 Å². The Kier molecular flexibility index (Phi) is 5.15. The zero-order valence-electron chi connectivity index (χ0n) is 12.5. The smallest absolute Gasteiger partial charge is 0.229 e. The van der Waals surface area contributed by atoms with Gasteiger partial charge in [0.1, 0.15) is 5.82 Å². The van der Waals surface area contributed by atoms with E-state index in [9.17, 15) is 0 Å². The van der Waals surface area contributed by atoms with E-state index in [-0.39, 0.29) is 0 Å². The third-order valence-electron chi connectivity index (χ3n) is 3.13. The number of nitrogens with one attached hydrogen (secondary N) is 2. The molecule has 0 unspecified atom stereocenters. The number of benzene rings is 2. The van der Waals surface area contributed by atoms with Crippen molar-refractivity contribution in [3.8, 4) is 0 Å². The van der Waals surface area contributed by atoms with Crippen molar-refractivity contribution in [2.75, 3.05) is 16.9 Å². The van der Waals surface area contributed by atoms with Crippen LogP contribution < -0.4 is 10.6 Å². The third-order valence-corrected chi connectivity index (χ3v) is 4.45. The second kappa shape index (κ2) is 7.48. The summed E-state index contributed by atoms with van der Waals surface area (Å²) in [5.41, 5.74) is 1.93. The standard InChI is InChI=1S/C17H15BrN4S/c1-23-14-9-7-13(8-10-14)21-17-19-11-15(18)16(22-17)20-12-5-3-2-4-6-12/h2-11H,1H3,(H2,19,20,21,22). The molecule has 0 aliphatic heterocycles. The largest absolute Gasteiger partial charge is 0.339 e. The molecule has 0 saturated carbocycles. The average Bonchev–Trinajstić information content (AvgIpc) is 2.59. The summed E-state index contributed by atoms with van der Waals surface area (Å²) in [5, 5.41) is 6.49. The first-order valence-electron chi connectivity index (χ1n) is 7.00. The van der Waals surface area contributed by atoms with E-state index in [2.05, 4.69) is 54.9 Å². The van der Waals surface area contributed by atoms with Crippen LogP contribution in [-0.4, -0.2) is 16.2 Å². The molecule has 4 nitrogen and oxygen atoms in total. The maximum atomic E-state index is 4.52. The van der Waals surface area contributed by atoms with E-state index in [1.807, 2.05) is 42.5 Å². The Morgan fingerprint density at radius 2 is 1.61 bits per heavy atom. The summed E-state index contributed by atoms with van der Waals surface area (Å²) in [6.07, 6.45) is 3.79. The molecule has 0 saturated heterocycles. The summed E-state index contributed by atoms with van der Waals surface area (Å²) >= 11 is 5.19. The molecule has 1 aromatic heterocycles. The molecule has 0 bridgehead atoms. The molecular formula is C17H15BrN4S. The monoisotopic (exact) mass is 386 g/mol. The molecule has 116 valence electrons. The van der Waals surface area contributed by atoms with Crippen molar-refractivity contribution in [3.63, 3.8) is 0 Å². The van der Waals surface area contributed by atoms with Crippen molar-refractivity contribution in [1.82, 2.24) is 9.97 Å². The summed E-state index contributed by atoms with van der Waals surface area (Å²) in [5.74, 6) is 1.26. The molecule has 0 aliphatic carbocycles. The highest BCUT2D eigenvalue weighted by molar-refractivity contribution is 9.10. The lowest BCUT2D eigenvalue weighted by atomic mass is 10.3. The first-order chi connectivity index (χ1) is 11.2. The third kappa shape index (κ3) is 4.24. The molecule has 0 spiro atoms. The minimum atomic E-state index is 0.545. The zero-order valence-corrected chi connectivity index (χ0v) is 14.9. The second-order valence-corrected chi connectivity index (χ2v) is 6.47. The van der Waals surface area contributed by atoms with Gasteiger partial charge < -0.3 is 10.6 Å². The summed E-state index contributed by atoms with van der Waals surface area (Å²) in [6, 6.07) is 18.1. The number of anilines is 4. The minimum Gasteiger partial charge on any atom is -0.339 e. The van der Waals surface area contributed by atoms with Gasteiger partial charge in [-0.05, 0) is 58.6 Å². The highest BCUT2D eigenvalue weighted by atomic mass is 79.9. The van der Waals surface area contributed by atoms with Gasteiger partial charge in [-0.2, -0.15) is 4.98 Å². The fourth-order valence-electron chi connectivity index (χ4n) is 1.98. The molecule has 2 aromatic carbocycles. The van der Waals surface area contributed by atoms with E-state index in [0.717, 1.165) is 21.7 Å². The van der Waals surface area contributed by atoms with Gasteiger partial charge in [-0.15, -0.1) is 11.8 Å². The molecule has 0 aliphatic rings. The molecule has 0 radical (unpaired) electrons. The predicted octanol–water partition coefficient (Wildman–Crippen LogP) is 5.45. The van der Waals surface area contributed by atoms with Crippen molar-refractivity contribution in [2.45, 2.75) is 4.90 Å². The lowest BCUT2D eigenvalue weighted by molar-refractivity contribution is 1.15. The number of aromatic nitrogens is 2. The number of thioether (sulfide) groups is 1. The van der Waals surface area contributed by atoms with Gasteiger partial charge in [-0.3, -0.25) is 0 Å². The molecule has 1 heterocycles. The maximum absolute atomic E-state index is 4.52. The summed E-state index contributed by atoms with van der Waals surface area (Å²) in [4.78, 5) is 10.0. The Morgan fingerprint density at radius 3 is 2.30 bits per heavy atom. The molecule has 3 aromatic rings. The van der Waals surface area contributed by atoms with Gasteiger partial charge in [0, 0.05) is 22.5 Å². The maximum Gasteiger partial charge on any atom is 0.229 e. The van der Waals surface area contributed by atoms with Crippen LogP contribution in [0.5, 0.6) is 0 Å². The van der Waals surface area contributed by atoms with E-state index in [4.69, 9.17) is 0 Å². The molecular weight excluding hydrogens is 372 g/mol. The van der Waals surface area contributed by atoms with Crippen molar-refractivity contribution in [2.24, 2.45) is 0 Å². The number of hydrogen-bond acceptors (Lipinski definition) is 5. The normalized spacial score (nSPS) is 10.3. The number of rotatable bonds is 5. The van der Waals surface area contributed by atoms with Crippen LogP contribution in [0.2, 0.25) is 0 Å². The zero-order chi connectivity index (χ0) is 16.1. The van der Waals surface area contributed by atoms with Crippen LogP contribution >= 0.6 is 27.7 Å². The highest BCUT2D eigenvalue weighted by Gasteiger charge is 2.06. The Balaban J connectivity index is 1.79. The van der Waals surface area contributed by atoms with Gasteiger partial charge >= 0.3 is 0 Å². The van der Waals surface area contributed by atoms with Crippen molar-refractivity contribution >= 4 is 50.8 Å². The number of para-hydroxylation sites is 1. The van der Waals surface area contributed by atoms with Gasteiger partial charge in [0.25, 0.3) is 0 Å². The highest BCUT2D eigenvalue weighted by Crippen LogP contribution is 2.25. The van der Waals surface area contributed by atoms with Crippen molar-refractivity contribution < 1.29 is 0 Å². The van der Waals surface area contributed by atoms with E-state index in [0.29, 0.717) is 5.95 Å². The van der Waals surface area contributed by atoms with Crippen molar-refractivity contribution in [3.05, 3.63) is 65.3 Å². The molecule has 2 N–H and O–H groups in total. The van der Waals surface area contributed by atoms with Crippen molar-refractivity contribution in [1.29, 1.82) is 0 Å². The SMILES string of the molecule is CSc1ccc(Nc2ncc(Br)c(Nc3ccccc3)n2)cc1. The fraction of sp³-hybridized carbons (Fsp3) is 0.0588. The molecule has 0 fully saturated rings. The van der Waals surface area contributed by atoms with Gasteiger partial charge in [0.15, 0.2) is 0 Å². The van der Waals surface area contributed by atoms with Crippen LogP contribution in [0.15, 0.2) is 70.2 Å². The van der Waals surface area contributed by atoms with E-state index >= 15 is 0 Å². The first kappa shape index (κ1) is 15.8. The van der Waals surface area contributed by atoms with Crippen LogP contribution in [0.1, 0.15) is 0 Å². The fourth-order valence-corrected chi connectivity index (χ4v) is 2.68. The van der Waals surface area contributed by atoms with E-state index in [1.54, 1.807) is 18.0 Å². The minimum absolute atomic E-state index is 0.545. The Bertz CT molecular complexity index is 778. The molecule has 3 rings (SSSR count). The summed E-state index contributed by atoms with van der Waals surface area (Å²) < 4.78 is 0.810. The topological polar surface area (TPSA) is 49.8 Å². The lowest BCUT2D eigenvalue weighted by Crippen LogP contribution is -2.01. The predicted molar refractivity (Wildman–Crippen MR) is 101 cm³/mol. The average molecular weight is 387 g/mol. The van der Waals surface area contributed by atoms with Gasteiger partial charge in [0.05, 0.1) is 4.47 Å². The molecule has 23 heavy (non-hydrogen) atoms. The van der Waals surface area contributed by atoms with Gasteiger partial charge in [-0.1, -0.05) is 18.2 Å². The van der Waals surface area contributed by atoms with Crippen LogP contribution in [-0.2, 0) is 0 Å². The first-order valence-corrected chi connectivity index (χ1v) is 9.02. The number of halogens is 1. The molecule has 6 heteroatoms. The van der Waals surface area contributed by atoms with E-state index < -0.39 is 0 Å². The van der Waals surface area contributed by atoms with Gasteiger partial charge in [0.2, 0.25) is 5.95 Å². The summed E-state index contributed by atoms with van der Waals surface area (Å²) in [6.45, 7) is 0.